The Morgan fingerprint density at radius 2 is 2.29 bits per heavy atom. The van der Waals surface area contributed by atoms with Gasteiger partial charge in [-0.25, -0.2) is 4.39 Å². The lowest BCUT2D eigenvalue weighted by molar-refractivity contribution is 0.102. The van der Waals surface area contributed by atoms with Crippen molar-refractivity contribution in [3.63, 3.8) is 0 Å². The van der Waals surface area contributed by atoms with E-state index in [1.807, 2.05) is 0 Å². The summed E-state index contributed by atoms with van der Waals surface area (Å²) >= 11 is 1.36. The van der Waals surface area contributed by atoms with Crippen molar-refractivity contribution in [2.45, 2.75) is 0 Å². The Morgan fingerprint density at radius 3 is 3.00 bits per heavy atom. The number of anilines is 1. The van der Waals surface area contributed by atoms with Gasteiger partial charge in [0.1, 0.15) is 11.6 Å². The quantitative estimate of drug-likeness (QED) is 0.856. The Hall–Kier alpha value is -2.36. The molecule has 0 radical (unpaired) electrons. The van der Waals surface area contributed by atoms with Gasteiger partial charge < -0.3 is 15.8 Å². The average Bonchev–Trinajstić information content (AvgIpc) is 2.95. The first kappa shape index (κ1) is 15.0. The van der Waals surface area contributed by atoms with Gasteiger partial charge in [-0.2, -0.15) is 0 Å². The van der Waals surface area contributed by atoms with E-state index >= 15 is 0 Å². The van der Waals surface area contributed by atoms with Crippen LogP contribution in [0.5, 0.6) is 5.75 Å². The summed E-state index contributed by atoms with van der Waals surface area (Å²) in [4.78, 5) is 12.9. The molecule has 6 heteroatoms. The highest BCUT2D eigenvalue weighted by molar-refractivity contribution is 7.10. The molecule has 0 spiro atoms. The van der Waals surface area contributed by atoms with Crippen LogP contribution in [-0.2, 0) is 0 Å². The lowest BCUT2D eigenvalue weighted by atomic mass is 10.2. The van der Waals surface area contributed by atoms with Crippen LogP contribution in [0.15, 0.2) is 29.6 Å². The van der Waals surface area contributed by atoms with Crippen LogP contribution < -0.4 is 15.8 Å². The van der Waals surface area contributed by atoms with Crippen LogP contribution in [0, 0.1) is 17.7 Å². The predicted octanol–water partition coefficient (Wildman–Crippen LogP) is 2.46. The van der Waals surface area contributed by atoms with Crippen LogP contribution in [0.1, 0.15) is 15.2 Å². The van der Waals surface area contributed by atoms with Gasteiger partial charge in [0, 0.05) is 11.4 Å². The normalized spacial score (nSPS) is 9.67. The minimum absolute atomic E-state index is 0.265. The molecule has 1 aromatic heterocycles. The van der Waals surface area contributed by atoms with Gasteiger partial charge in [-0.3, -0.25) is 4.79 Å². The molecule has 21 heavy (non-hydrogen) atoms. The number of thiophene rings is 1. The van der Waals surface area contributed by atoms with Crippen molar-refractivity contribution in [3.05, 3.63) is 45.9 Å². The number of rotatable bonds is 3. The monoisotopic (exact) mass is 304 g/mol. The molecular formula is C15H13FN2O2S. The van der Waals surface area contributed by atoms with Crippen molar-refractivity contribution in [1.82, 2.24) is 0 Å². The lowest BCUT2D eigenvalue weighted by Gasteiger charge is -2.09. The summed E-state index contributed by atoms with van der Waals surface area (Å²) in [7, 11) is 1.41. The SMILES string of the molecule is COc1cc(F)ccc1NC(=O)c1csc(C#CCN)c1. The summed E-state index contributed by atoms with van der Waals surface area (Å²) in [6, 6.07) is 5.59. The maximum absolute atomic E-state index is 13.1. The fourth-order valence-electron chi connectivity index (χ4n) is 1.62. The Balaban J connectivity index is 2.16. The molecule has 0 aliphatic heterocycles. The van der Waals surface area contributed by atoms with Crippen molar-refractivity contribution in [1.29, 1.82) is 0 Å². The van der Waals surface area contributed by atoms with Gasteiger partial charge in [0.2, 0.25) is 0 Å². The van der Waals surface area contributed by atoms with Gasteiger partial charge in [-0.15, -0.1) is 11.3 Å². The number of benzene rings is 1. The molecule has 1 amide bonds. The van der Waals surface area contributed by atoms with Crippen LogP contribution in [0.25, 0.3) is 0 Å². The maximum atomic E-state index is 13.1. The smallest absolute Gasteiger partial charge is 0.256 e. The first-order chi connectivity index (χ1) is 10.1. The number of nitrogens with one attached hydrogen (secondary N) is 1. The molecule has 2 aromatic rings. The zero-order chi connectivity index (χ0) is 15.2. The highest BCUT2D eigenvalue weighted by Gasteiger charge is 2.12. The number of carbonyl (C=O) groups is 1. The first-order valence-electron chi connectivity index (χ1n) is 6.06. The molecule has 108 valence electrons. The molecule has 3 N–H and O–H groups in total. The molecule has 0 unspecified atom stereocenters. The van der Waals surface area contributed by atoms with Crippen LogP contribution in [0.3, 0.4) is 0 Å². The van der Waals surface area contributed by atoms with Crippen LogP contribution in [-0.4, -0.2) is 19.6 Å². The number of halogens is 1. The zero-order valence-corrected chi connectivity index (χ0v) is 12.1. The van der Waals surface area contributed by atoms with Gasteiger partial charge >= 0.3 is 0 Å². The molecule has 0 bridgehead atoms. The average molecular weight is 304 g/mol. The number of nitrogens with two attached hydrogens (primary N) is 1. The molecule has 2 rings (SSSR count). The Bertz CT molecular complexity index is 716. The number of amides is 1. The number of hydrogen-bond acceptors (Lipinski definition) is 4. The lowest BCUT2D eigenvalue weighted by Crippen LogP contribution is -2.11. The van der Waals surface area contributed by atoms with E-state index in [0.29, 0.717) is 11.3 Å². The third-order valence-electron chi connectivity index (χ3n) is 2.59. The summed E-state index contributed by atoms with van der Waals surface area (Å²) in [6.45, 7) is 0.270. The largest absolute Gasteiger partial charge is 0.494 e. The second kappa shape index (κ2) is 6.88. The summed E-state index contributed by atoms with van der Waals surface area (Å²) < 4.78 is 18.1. The van der Waals surface area contributed by atoms with Crippen LogP contribution >= 0.6 is 11.3 Å². The van der Waals surface area contributed by atoms with Gasteiger partial charge in [-0.1, -0.05) is 11.8 Å². The standard InChI is InChI=1S/C15H13FN2O2S/c1-20-14-8-11(16)4-5-13(14)18-15(19)10-7-12(21-9-10)3-2-6-17/h4-5,7-9H,6,17H2,1H3,(H,18,19). The van der Waals surface area contributed by atoms with Crippen molar-refractivity contribution in [2.75, 3.05) is 19.0 Å². The molecule has 4 nitrogen and oxygen atoms in total. The third kappa shape index (κ3) is 3.81. The van der Waals surface area contributed by atoms with Crippen molar-refractivity contribution in [2.24, 2.45) is 5.73 Å². The van der Waals surface area contributed by atoms with E-state index in [2.05, 4.69) is 17.2 Å². The molecule has 0 atom stereocenters. The highest BCUT2D eigenvalue weighted by atomic mass is 32.1. The van der Waals surface area contributed by atoms with Gasteiger partial charge in [0.15, 0.2) is 0 Å². The first-order valence-corrected chi connectivity index (χ1v) is 6.94. The van der Waals surface area contributed by atoms with E-state index in [-0.39, 0.29) is 18.2 Å². The van der Waals surface area contributed by atoms with E-state index in [4.69, 9.17) is 10.5 Å². The molecule has 0 saturated carbocycles. The van der Waals surface area contributed by atoms with E-state index in [1.165, 1.54) is 36.6 Å². The topological polar surface area (TPSA) is 64.3 Å². The minimum Gasteiger partial charge on any atom is -0.494 e. The van der Waals surface area contributed by atoms with Crippen LogP contribution in [0.4, 0.5) is 10.1 Å². The number of hydrogen-bond donors (Lipinski definition) is 2. The summed E-state index contributed by atoms with van der Waals surface area (Å²) in [6.07, 6.45) is 0. The Labute approximate surface area is 125 Å². The second-order valence-corrected chi connectivity index (χ2v) is 4.92. The number of methoxy groups -OCH3 is 1. The van der Waals surface area contributed by atoms with E-state index in [1.54, 1.807) is 11.4 Å². The van der Waals surface area contributed by atoms with E-state index in [0.717, 1.165) is 4.88 Å². The number of carbonyl (C=O) groups excluding carboxylic acids is 1. The molecule has 0 saturated heterocycles. The minimum atomic E-state index is -0.431. The van der Waals surface area contributed by atoms with Gasteiger partial charge in [-0.05, 0) is 18.2 Å². The fraction of sp³-hybridized carbons (Fsp3) is 0.133. The zero-order valence-electron chi connectivity index (χ0n) is 11.3. The molecular weight excluding hydrogens is 291 g/mol. The van der Waals surface area contributed by atoms with Crippen molar-refractivity contribution >= 4 is 22.9 Å². The highest BCUT2D eigenvalue weighted by Crippen LogP contribution is 2.26. The summed E-state index contributed by atoms with van der Waals surface area (Å²) in [5.41, 5.74) is 6.18. The molecule has 0 aliphatic rings. The molecule has 1 heterocycles. The molecule has 0 fully saturated rings. The third-order valence-corrected chi connectivity index (χ3v) is 3.43. The molecule has 1 aromatic carbocycles. The van der Waals surface area contributed by atoms with Crippen molar-refractivity contribution in [3.8, 4) is 17.6 Å². The van der Waals surface area contributed by atoms with E-state index < -0.39 is 5.82 Å². The second-order valence-electron chi connectivity index (χ2n) is 4.00. The van der Waals surface area contributed by atoms with E-state index in [9.17, 15) is 9.18 Å². The maximum Gasteiger partial charge on any atom is 0.256 e. The van der Waals surface area contributed by atoms with Crippen molar-refractivity contribution < 1.29 is 13.9 Å². The fourth-order valence-corrected chi connectivity index (χ4v) is 2.38. The van der Waals surface area contributed by atoms with Crippen LogP contribution in [0.2, 0.25) is 0 Å². The summed E-state index contributed by atoms with van der Waals surface area (Å²) in [5, 5.41) is 4.38. The Morgan fingerprint density at radius 1 is 1.48 bits per heavy atom. The summed E-state index contributed by atoms with van der Waals surface area (Å²) in [5.74, 6) is 5.11. The number of ether oxygens (including phenoxy) is 1. The van der Waals surface area contributed by atoms with Gasteiger partial charge in [0.25, 0.3) is 5.91 Å². The van der Waals surface area contributed by atoms with Gasteiger partial charge in [0.05, 0.1) is 29.8 Å². The molecule has 0 aliphatic carbocycles. The Kier molecular flexibility index (Phi) is 4.93. The predicted molar refractivity (Wildman–Crippen MR) is 81.2 cm³/mol.